The molecular weight excluding hydrogens is 380 g/mol. The van der Waals surface area contributed by atoms with Crippen LogP contribution >= 0.6 is 22.9 Å². The summed E-state index contributed by atoms with van der Waals surface area (Å²) in [6, 6.07) is 14.3. The van der Waals surface area contributed by atoms with Gasteiger partial charge in [-0.2, -0.15) is 0 Å². The van der Waals surface area contributed by atoms with Crippen LogP contribution in [0, 0.1) is 0 Å². The maximum atomic E-state index is 11.3. The summed E-state index contributed by atoms with van der Waals surface area (Å²) in [5.74, 6) is 0.565. The lowest BCUT2D eigenvalue weighted by atomic mass is 10.2. The third-order valence-electron chi connectivity index (χ3n) is 3.17. The Labute approximate surface area is 155 Å². The first-order valence-electron chi connectivity index (χ1n) is 7.30. The van der Waals surface area contributed by atoms with Crippen molar-refractivity contribution in [3.8, 4) is 16.3 Å². The molecule has 2 aromatic carbocycles. The number of halogens is 1. The molecule has 0 saturated carbocycles. The molecule has 3 aromatic rings. The van der Waals surface area contributed by atoms with Gasteiger partial charge in [-0.3, -0.25) is 4.72 Å². The Morgan fingerprint density at radius 3 is 2.68 bits per heavy atom. The Balaban J connectivity index is 1.66. The summed E-state index contributed by atoms with van der Waals surface area (Å²) in [4.78, 5) is 4.55. The van der Waals surface area contributed by atoms with Gasteiger partial charge >= 0.3 is 0 Å². The van der Waals surface area contributed by atoms with Crippen LogP contribution in [-0.2, 0) is 16.6 Å². The number of nitrogens with zero attached hydrogens (tertiary/aromatic N) is 1. The molecule has 0 unspecified atom stereocenters. The van der Waals surface area contributed by atoms with E-state index in [1.54, 1.807) is 24.3 Å². The molecule has 0 amide bonds. The average Bonchev–Trinajstić information content (AvgIpc) is 3.01. The minimum atomic E-state index is -3.32. The number of aromatic nitrogens is 1. The van der Waals surface area contributed by atoms with Crippen LogP contribution in [0.4, 0.5) is 5.69 Å². The molecule has 0 fully saturated rings. The highest BCUT2D eigenvalue weighted by Gasteiger charge is 2.07. The zero-order valence-electron chi connectivity index (χ0n) is 13.3. The van der Waals surface area contributed by atoms with Crippen LogP contribution in [0.25, 0.3) is 10.6 Å². The Hall–Kier alpha value is -2.09. The monoisotopic (exact) mass is 394 g/mol. The highest BCUT2D eigenvalue weighted by atomic mass is 35.5. The Bertz CT molecular complexity index is 970. The molecule has 0 atom stereocenters. The second-order valence-electron chi connectivity index (χ2n) is 5.34. The number of ether oxygens (including phenoxy) is 1. The number of anilines is 1. The van der Waals surface area contributed by atoms with Gasteiger partial charge in [0.2, 0.25) is 10.0 Å². The van der Waals surface area contributed by atoms with Gasteiger partial charge in [0.1, 0.15) is 17.4 Å². The van der Waals surface area contributed by atoms with Crippen LogP contribution in [0.15, 0.2) is 53.9 Å². The van der Waals surface area contributed by atoms with E-state index in [0.29, 0.717) is 23.1 Å². The lowest BCUT2D eigenvalue weighted by Crippen LogP contribution is -2.09. The molecule has 130 valence electrons. The number of rotatable bonds is 6. The van der Waals surface area contributed by atoms with Crippen molar-refractivity contribution in [3.05, 3.63) is 64.6 Å². The Kier molecular flexibility index (Phi) is 5.27. The highest BCUT2D eigenvalue weighted by Crippen LogP contribution is 2.26. The largest absolute Gasteiger partial charge is 0.487 e. The molecule has 0 saturated heterocycles. The van der Waals surface area contributed by atoms with Gasteiger partial charge in [-0.05, 0) is 24.3 Å². The van der Waals surface area contributed by atoms with Crippen molar-refractivity contribution in [1.29, 1.82) is 0 Å². The van der Waals surface area contributed by atoms with Crippen LogP contribution in [0.3, 0.4) is 0 Å². The van der Waals surface area contributed by atoms with Crippen LogP contribution in [-0.4, -0.2) is 19.7 Å². The number of nitrogens with one attached hydrogen (secondary N) is 1. The quantitative estimate of drug-likeness (QED) is 0.672. The molecule has 1 heterocycles. The highest BCUT2D eigenvalue weighted by molar-refractivity contribution is 7.92. The Morgan fingerprint density at radius 2 is 1.96 bits per heavy atom. The molecule has 8 heteroatoms. The number of benzene rings is 2. The summed E-state index contributed by atoms with van der Waals surface area (Å²) in [6.07, 6.45) is 1.11. The lowest BCUT2D eigenvalue weighted by Gasteiger charge is -2.07. The molecule has 0 aliphatic rings. The normalized spacial score (nSPS) is 11.3. The molecule has 0 bridgehead atoms. The second kappa shape index (κ2) is 7.43. The van der Waals surface area contributed by atoms with Crippen molar-refractivity contribution in [1.82, 2.24) is 4.98 Å². The van der Waals surface area contributed by atoms with Gasteiger partial charge in [0, 0.05) is 22.0 Å². The van der Waals surface area contributed by atoms with Gasteiger partial charge in [0.15, 0.2) is 0 Å². The maximum Gasteiger partial charge on any atom is 0.229 e. The third kappa shape index (κ3) is 5.19. The predicted molar refractivity (Wildman–Crippen MR) is 102 cm³/mol. The minimum absolute atomic E-state index is 0.298. The summed E-state index contributed by atoms with van der Waals surface area (Å²) >= 11 is 7.42. The van der Waals surface area contributed by atoms with E-state index in [2.05, 4.69) is 9.71 Å². The standard InChI is InChI=1S/C17H15ClN2O3S2/c1-25(21,22)20-14-3-2-4-16(9-14)23-10-15-11-24-17(19-15)12-5-7-13(18)8-6-12/h2-9,11,20H,10H2,1H3. The van der Waals surface area contributed by atoms with Crippen molar-refractivity contribution in [2.24, 2.45) is 0 Å². The zero-order valence-corrected chi connectivity index (χ0v) is 15.7. The summed E-state index contributed by atoms with van der Waals surface area (Å²) in [6.45, 7) is 0.298. The SMILES string of the molecule is CS(=O)(=O)Nc1cccc(OCc2csc(-c3ccc(Cl)cc3)n2)c1. The van der Waals surface area contributed by atoms with E-state index in [9.17, 15) is 8.42 Å². The topological polar surface area (TPSA) is 68.3 Å². The van der Waals surface area contributed by atoms with Gasteiger partial charge < -0.3 is 4.74 Å². The Morgan fingerprint density at radius 1 is 1.20 bits per heavy atom. The maximum absolute atomic E-state index is 11.3. The molecule has 1 aromatic heterocycles. The van der Waals surface area contributed by atoms with Gasteiger partial charge in [0.25, 0.3) is 0 Å². The first-order valence-corrected chi connectivity index (χ1v) is 10.4. The van der Waals surface area contributed by atoms with E-state index in [-0.39, 0.29) is 0 Å². The van der Waals surface area contributed by atoms with Crippen molar-refractivity contribution < 1.29 is 13.2 Å². The molecule has 0 aliphatic carbocycles. The van der Waals surface area contributed by atoms with Gasteiger partial charge in [-0.1, -0.05) is 29.8 Å². The van der Waals surface area contributed by atoms with E-state index in [1.807, 2.05) is 29.6 Å². The van der Waals surface area contributed by atoms with Crippen molar-refractivity contribution in [3.63, 3.8) is 0 Å². The van der Waals surface area contributed by atoms with Gasteiger partial charge in [-0.25, -0.2) is 13.4 Å². The van der Waals surface area contributed by atoms with Crippen molar-refractivity contribution in [2.75, 3.05) is 11.0 Å². The summed E-state index contributed by atoms with van der Waals surface area (Å²) < 4.78 is 30.7. The number of hydrogen-bond donors (Lipinski definition) is 1. The summed E-state index contributed by atoms with van der Waals surface area (Å²) in [5, 5.41) is 3.51. The lowest BCUT2D eigenvalue weighted by molar-refractivity contribution is 0.302. The van der Waals surface area contributed by atoms with E-state index < -0.39 is 10.0 Å². The van der Waals surface area contributed by atoms with Crippen LogP contribution in [0.1, 0.15) is 5.69 Å². The third-order valence-corrected chi connectivity index (χ3v) is 4.97. The number of thiazole rings is 1. The average molecular weight is 395 g/mol. The van der Waals surface area contributed by atoms with E-state index in [4.69, 9.17) is 16.3 Å². The van der Waals surface area contributed by atoms with Crippen LogP contribution in [0.2, 0.25) is 5.02 Å². The first kappa shape index (κ1) is 17.7. The molecule has 25 heavy (non-hydrogen) atoms. The summed E-state index contributed by atoms with van der Waals surface area (Å²) in [5.41, 5.74) is 2.26. The second-order valence-corrected chi connectivity index (χ2v) is 8.38. The van der Waals surface area contributed by atoms with Crippen LogP contribution < -0.4 is 9.46 Å². The molecule has 0 radical (unpaired) electrons. The first-order chi connectivity index (χ1) is 11.9. The van der Waals surface area contributed by atoms with Gasteiger partial charge in [0.05, 0.1) is 17.6 Å². The fourth-order valence-electron chi connectivity index (χ4n) is 2.12. The van der Waals surface area contributed by atoms with Crippen molar-refractivity contribution >= 4 is 38.6 Å². The molecule has 1 N–H and O–H groups in total. The van der Waals surface area contributed by atoms with E-state index >= 15 is 0 Å². The number of hydrogen-bond acceptors (Lipinski definition) is 5. The van der Waals surface area contributed by atoms with Gasteiger partial charge in [-0.15, -0.1) is 11.3 Å². The number of sulfonamides is 1. The molecule has 3 rings (SSSR count). The minimum Gasteiger partial charge on any atom is -0.487 e. The van der Waals surface area contributed by atoms with Crippen molar-refractivity contribution in [2.45, 2.75) is 6.61 Å². The molecular formula is C17H15ClN2O3S2. The fourth-order valence-corrected chi connectivity index (χ4v) is 3.61. The fraction of sp³-hybridized carbons (Fsp3) is 0.118. The smallest absolute Gasteiger partial charge is 0.229 e. The zero-order chi connectivity index (χ0) is 17.9. The van der Waals surface area contributed by atoms with E-state index in [0.717, 1.165) is 22.5 Å². The molecule has 0 aliphatic heterocycles. The van der Waals surface area contributed by atoms with Crippen LogP contribution in [0.5, 0.6) is 5.75 Å². The summed E-state index contributed by atoms with van der Waals surface area (Å²) in [7, 11) is -3.32. The molecule has 5 nitrogen and oxygen atoms in total. The predicted octanol–water partition coefficient (Wildman–Crippen LogP) is 4.41. The molecule has 0 spiro atoms. The van der Waals surface area contributed by atoms with E-state index in [1.165, 1.54) is 11.3 Å².